The number of benzene rings is 3. The Balaban J connectivity index is 1.76. The number of rotatable bonds is 6. The van der Waals surface area contributed by atoms with E-state index in [2.05, 4.69) is 9.97 Å². The lowest BCUT2D eigenvalue weighted by atomic mass is 10.0. The maximum absolute atomic E-state index is 13.5. The van der Waals surface area contributed by atoms with Crippen LogP contribution in [0.25, 0.3) is 22.5 Å². The zero-order valence-corrected chi connectivity index (χ0v) is 18.6. The largest absolute Gasteiger partial charge is 0.485 e. The summed E-state index contributed by atoms with van der Waals surface area (Å²) in [5.74, 6) is -0.649. The van der Waals surface area contributed by atoms with Crippen LogP contribution in [0.15, 0.2) is 79.0 Å². The van der Waals surface area contributed by atoms with Crippen molar-refractivity contribution in [2.75, 3.05) is 5.73 Å². The first-order valence-corrected chi connectivity index (χ1v) is 10.6. The van der Waals surface area contributed by atoms with Crippen molar-refractivity contribution in [3.05, 3.63) is 95.7 Å². The van der Waals surface area contributed by atoms with Crippen LogP contribution in [0, 0.1) is 0 Å². The third-order valence-corrected chi connectivity index (χ3v) is 5.40. The van der Waals surface area contributed by atoms with Gasteiger partial charge in [-0.15, -0.1) is 0 Å². The Morgan fingerprint density at radius 1 is 0.971 bits per heavy atom. The lowest BCUT2D eigenvalue weighted by molar-refractivity contribution is -0.139. The van der Waals surface area contributed by atoms with Crippen molar-refractivity contribution >= 4 is 11.7 Å². The smallest absolute Gasteiger partial charge is 0.416 e. The van der Waals surface area contributed by atoms with Gasteiger partial charge in [-0.25, -0.2) is 9.97 Å². The molecule has 0 saturated heterocycles. The fourth-order valence-electron chi connectivity index (χ4n) is 3.69. The summed E-state index contributed by atoms with van der Waals surface area (Å²) < 4.78 is 46.4. The number of alkyl halides is 3. The Morgan fingerprint density at radius 2 is 1.66 bits per heavy atom. The first-order chi connectivity index (χ1) is 16.6. The van der Waals surface area contributed by atoms with Gasteiger partial charge in [-0.2, -0.15) is 13.2 Å². The van der Waals surface area contributed by atoms with Crippen molar-refractivity contribution in [3.8, 4) is 28.3 Å². The molecular weight excluding hydrogens is 457 g/mol. The lowest BCUT2D eigenvalue weighted by Gasteiger charge is -2.21. The zero-order chi connectivity index (χ0) is 25.2. The van der Waals surface area contributed by atoms with Gasteiger partial charge in [0.25, 0.3) is 5.91 Å². The summed E-state index contributed by atoms with van der Waals surface area (Å²) >= 11 is 0. The van der Waals surface area contributed by atoms with Gasteiger partial charge in [-0.3, -0.25) is 4.79 Å². The van der Waals surface area contributed by atoms with Crippen molar-refractivity contribution in [1.82, 2.24) is 9.97 Å². The third kappa shape index (κ3) is 5.08. The number of amides is 1. The predicted molar refractivity (Wildman–Crippen MR) is 126 cm³/mol. The molecule has 0 aliphatic rings. The predicted octanol–water partition coefficient (Wildman–Crippen LogP) is 5.65. The molecule has 1 aromatic heterocycles. The molecule has 0 saturated carbocycles. The number of anilines is 1. The topological polar surface area (TPSA) is 104 Å². The molecule has 4 N–H and O–H groups in total. The minimum atomic E-state index is -4.56. The minimum Gasteiger partial charge on any atom is -0.485 e. The SMILES string of the molecule is CC(Oc1cc(-c2nc(-c3ccccc3)cnc2N)ccc1C(N)=O)c1ccccc1C(F)(F)F. The van der Waals surface area contributed by atoms with Gasteiger partial charge in [-0.1, -0.05) is 54.6 Å². The summed E-state index contributed by atoms with van der Waals surface area (Å²) in [6.45, 7) is 1.46. The van der Waals surface area contributed by atoms with E-state index >= 15 is 0 Å². The van der Waals surface area contributed by atoms with Crippen molar-refractivity contribution in [1.29, 1.82) is 0 Å². The van der Waals surface area contributed by atoms with Crippen LogP contribution in [0.1, 0.15) is 34.5 Å². The van der Waals surface area contributed by atoms with E-state index in [1.807, 2.05) is 30.3 Å². The van der Waals surface area contributed by atoms with Crippen LogP contribution in [0.5, 0.6) is 5.75 Å². The highest BCUT2D eigenvalue weighted by Crippen LogP contribution is 2.37. The molecule has 0 radical (unpaired) electrons. The van der Waals surface area contributed by atoms with Crippen LogP contribution >= 0.6 is 0 Å². The van der Waals surface area contributed by atoms with Crippen LogP contribution in [0.3, 0.4) is 0 Å². The second-order valence-corrected chi connectivity index (χ2v) is 7.78. The van der Waals surface area contributed by atoms with E-state index in [1.54, 1.807) is 12.3 Å². The Labute approximate surface area is 199 Å². The molecule has 0 aliphatic carbocycles. The number of primary amides is 1. The number of nitrogens with two attached hydrogens (primary N) is 2. The molecule has 4 aromatic rings. The Bertz CT molecular complexity index is 1370. The minimum absolute atomic E-state index is 0.00536. The van der Waals surface area contributed by atoms with Crippen molar-refractivity contribution in [3.63, 3.8) is 0 Å². The maximum atomic E-state index is 13.5. The van der Waals surface area contributed by atoms with Gasteiger partial charge in [0.1, 0.15) is 23.4 Å². The summed E-state index contributed by atoms with van der Waals surface area (Å²) in [7, 11) is 0. The average Bonchev–Trinajstić information content (AvgIpc) is 2.84. The Morgan fingerprint density at radius 3 is 2.34 bits per heavy atom. The van der Waals surface area contributed by atoms with Gasteiger partial charge < -0.3 is 16.2 Å². The number of ether oxygens (including phenoxy) is 1. The molecule has 9 heteroatoms. The van der Waals surface area contributed by atoms with Crippen LogP contribution in [-0.2, 0) is 6.18 Å². The molecular formula is C26H21F3N4O2. The number of carbonyl (C=O) groups is 1. The Kier molecular flexibility index (Phi) is 6.42. The van der Waals surface area contributed by atoms with E-state index in [4.69, 9.17) is 16.2 Å². The van der Waals surface area contributed by atoms with Gasteiger partial charge in [-0.05, 0) is 25.1 Å². The summed E-state index contributed by atoms with van der Waals surface area (Å²) in [5.41, 5.74) is 12.9. The quantitative estimate of drug-likeness (QED) is 0.373. The first kappa shape index (κ1) is 23.7. The van der Waals surface area contributed by atoms with Gasteiger partial charge in [0, 0.05) is 16.7 Å². The first-order valence-electron chi connectivity index (χ1n) is 10.6. The molecule has 0 spiro atoms. The number of nitrogen functional groups attached to an aromatic ring is 1. The molecule has 4 rings (SSSR count). The molecule has 1 heterocycles. The highest BCUT2D eigenvalue weighted by molar-refractivity contribution is 5.96. The van der Waals surface area contributed by atoms with E-state index in [0.717, 1.165) is 11.6 Å². The highest BCUT2D eigenvalue weighted by atomic mass is 19.4. The second-order valence-electron chi connectivity index (χ2n) is 7.78. The van der Waals surface area contributed by atoms with Crippen molar-refractivity contribution < 1.29 is 22.7 Å². The number of halogens is 3. The fourth-order valence-corrected chi connectivity index (χ4v) is 3.69. The third-order valence-electron chi connectivity index (χ3n) is 5.40. The average molecular weight is 478 g/mol. The summed E-state index contributed by atoms with van der Waals surface area (Å²) in [4.78, 5) is 20.9. The molecule has 3 aromatic carbocycles. The molecule has 1 amide bonds. The van der Waals surface area contributed by atoms with Crippen LogP contribution < -0.4 is 16.2 Å². The van der Waals surface area contributed by atoms with Crippen LogP contribution in [0.2, 0.25) is 0 Å². The van der Waals surface area contributed by atoms with E-state index in [-0.39, 0.29) is 22.7 Å². The Hall–Kier alpha value is -4.40. The normalized spacial score (nSPS) is 12.2. The van der Waals surface area contributed by atoms with E-state index < -0.39 is 23.8 Å². The van der Waals surface area contributed by atoms with Crippen molar-refractivity contribution in [2.45, 2.75) is 19.2 Å². The fraction of sp³-hybridized carbons (Fsp3) is 0.115. The summed E-state index contributed by atoms with van der Waals surface area (Å²) in [5, 5.41) is 0. The molecule has 6 nitrogen and oxygen atoms in total. The molecule has 35 heavy (non-hydrogen) atoms. The van der Waals surface area contributed by atoms with Gasteiger partial charge in [0.05, 0.1) is 23.0 Å². The van der Waals surface area contributed by atoms with Gasteiger partial charge in [0.2, 0.25) is 0 Å². The molecule has 1 unspecified atom stereocenters. The summed E-state index contributed by atoms with van der Waals surface area (Å²) in [6, 6.07) is 18.9. The standard InChI is InChI=1S/C26H21F3N4O2/c1-15(18-9-5-6-10-20(18)26(27,28)29)35-22-13-17(11-12-19(22)25(31)34)23-24(30)32-14-21(33-23)16-7-3-2-4-8-16/h2-15H,1H3,(H2,30,32)(H2,31,34). The summed E-state index contributed by atoms with van der Waals surface area (Å²) in [6.07, 6.45) is -4.07. The maximum Gasteiger partial charge on any atom is 0.416 e. The molecule has 0 aliphatic heterocycles. The molecule has 1 atom stereocenters. The number of hydrogen-bond acceptors (Lipinski definition) is 5. The molecule has 0 bridgehead atoms. The zero-order valence-electron chi connectivity index (χ0n) is 18.6. The number of nitrogens with zero attached hydrogens (tertiary/aromatic N) is 2. The monoisotopic (exact) mass is 478 g/mol. The molecule has 178 valence electrons. The second kappa shape index (κ2) is 9.46. The highest BCUT2D eigenvalue weighted by Gasteiger charge is 2.34. The van der Waals surface area contributed by atoms with E-state index in [1.165, 1.54) is 37.3 Å². The van der Waals surface area contributed by atoms with Crippen molar-refractivity contribution in [2.24, 2.45) is 5.73 Å². The number of aromatic nitrogens is 2. The van der Waals surface area contributed by atoms with Gasteiger partial charge >= 0.3 is 6.18 Å². The van der Waals surface area contributed by atoms with E-state index in [9.17, 15) is 18.0 Å². The molecule has 0 fully saturated rings. The number of carbonyl (C=O) groups excluding carboxylic acids is 1. The lowest BCUT2D eigenvalue weighted by Crippen LogP contribution is -2.17. The number of hydrogen-bond donors (Lipinski definition) is 2. The van der Waals surface area contributed by atoms with E-state index in [0.29, 0.717) is 17.0 Å². The van der Waals surface area contributed by atoms with Gasteiger partial charge in [0.15, 0.2) is 0 Å². The van der Waals surface area contributed by atoms with Crippen LogP contribution in [-0.4, -0.2) is 15.9 Å². The van der Waals surface area contributed by atoms with Crippen LogP contribution in [0.4, 0.5) is 19.0 Å².